The zero-order valence-corrected chi connectivity index (χ0v) is 10.3. The van der Waals surface area contributed by atoms with Gasteiger partial charge in [-0.1, -0.05) is 6.92 Å². The molecular formula is C14H20FNO. The van der Waals surface area contributed by atoms with Crippen molar-refractivity contribution in [3.8, 4) is 5.75 Å². The topological polar surface area (TPSA) is 35.2 Å². The number of halogens is 1. The third-order valence-corrected chi connectivity index (χ3v) is 3.43. The van der Waals surface area contributed by atoms with Crippen LogP contribution in [-0.4, -0.2) is 6.10 Å². The van der Waals surface area contributed by atoms with E-state index >= 15 is 0 Å². The Kier molecular flexibility index (Phi) is 4.00. The van der Waals surface area contributed by atoms with E-state index in [-0.39, 0.29) is 11.9 Å². The quantitative estimate of drug-likeness (QED) is 0.876. The Hall–Kier alpha value is -1.09. The van der Waals surface area contributed by atoms with Gasteiger partial charge in [0.05, 0.1) is 6.10 Å². The van der Waals surface area contributed by atoms with Crippen LogP contribution < -0.4 is 10.5 Å². The van der Waals surface area contributed by atoms with Gasteiger partial charge in [-0.05, 0) is 49.3 Å². The molecule has 0 radical (unpaired) electrons. The van der Waals surface area contributed by atoms with Crippen LogP contribution in [0.5, 0.6) is 5.75 Å². The highest BCUT2D eigenvalue weighted by atomic mass is 19.1. The number of hydrogen-bond donors (Lipinski definition) is 1. The predicted octanol–water partition coefficient (Wildman–Crippen LogP) is 3.24. The lowest BCUT2D eigenvalue weighted by molar-refractivity contribution is 0.135. The van der Waals surface area contributed by atoms with Crippen molar-refractivity contribution in [1.82, 2.24) is 0 Å². The second-order valence-electron chi connectivity index (χ2n) is 5.00. The van der Waals surface area contributed by atoms with Crippen molar-refractivity contribution >= 4 is 0 Å². The van der Waals surface area contributed by atoms with E-state index in [0.29, 0.717) is 12.3 Å². The first-order valence-electron chi connectivity index (χ1n) is 6.33. The molecule has 0 heterocycles. The van der Waals surface area contributed by atoms with Gasteiger partial charge in [-0.2, -0.15) is 0 Å². The maximum atomic E-state index is 13.3. The fourth-order valence-corrected chi connectivity index (χ4v) is 2.35. The van der Waals surface area contributed by atoms with Gasteiger partial charge in [0.15, 0.2) is 0 Å². The van der Waals surface area contributed by atoms with Gasteiger partial charge in [0, 0.05) is 12.6 Å². The third-order valence-electron chi connectivity index (χ3n) is 3.43. The van der Waals surface area contributed by atoms with Crippen LogP contribution in [0.1, 0.15) is 38.2 Å². The second kappa shape index (κ2) is 5.50. The molecule has 2 rings (SSSR count). The van der Waals surface area contributed by atoms with E-state index in [1.54, 1.807) is 0 Å². The molecule has 0 aliphatic heterocycles. The summed E-state index contributed by atoms with van der Waals surface area (Å²) in [6, 6.07) is 4.73. The standard InChI is InChI=1S/C14H20FNO/c1-10-2-4-13(5-3-10)17-14-7-11(9-16)6-12(15)8-14/h6-8,10,13H,2-5,9,16H2,1H3. The Balaban J connectivity index is 2.00. The molecule has 0 aromatic heterocycles. The molecule has 0 saturated heterocycles. The molecule has 3 heteroatoms. The van der Waals surface area contributed by atoms with Gasteiger partial charge >= 0.3 is 0 Å². The summed E-state index contributed by atoms with van der Waals surface area (Å²) in [6.45, 7) is 2.61. The monoisotopic (exact) mass is 237 g/mol. The van der Waals surface area contributed by atoms with Gasteiger partial charge < -0.3 is 10.5 Å². The average molecular weight is 237 g/mol. The van der Waals surface area contributed by atoms with Crippen LogP contribution in [0.15, 0.2) is 18.2 Å². The van der Waals surface area contributed by atoms with Crippen LogP contribution in [-0.2, 0) is 6.54 Å². The van der Waals surface area contributed by atoms with Crippen molar-refractivity contribution in [1.29, 1.82) is 0 Å². The Morgan fingerprint density at radius 1 is 1.24 bits per heavy atom. The molecule has 1 aliphatic rings. The molecule has 1 saturated carbocycles. The van der Waals surface area contributed by atoms with E-state index in [1.165, 1.54) is 25.0 Å². The summed E-state index contributed by atoms with van der Waals surface area (Å²) in [6.07, 6.45) is 4.76. The molecule has 1 aliphatic carbocycles. The number of benzene rings is 1. The molecule has 1 aromatic carbocycles. The molecule has 94 valence electrons. The minimum atomic E-state index is -0.271. The molecular weight excluding hydrogens is 217 g/mol. The molecule has 0 spiro atoms. The van der Waals surface area contributed by atoms with Crippen molar-refractivity contribution in [2.24, 2.45) is 11.7 Å². The van der Waals surface area contributed by atoms with Crippen LogP contribution in [0, 0.1) is 11.7 Å². The van der Waals surface area contributed by atoms with Crippen LogP contribution in [0.25, 0.3) is 0 Å². The first kappa shape index (κ1) is 12.4. The smallest absolute Gasteiger partial charge is 0.127 e. The number of nitrogens with two attached hydrogens (primary N) is 1. The van der Waals surface area contributed by atoms with Crippen molar-refractivity contribution < 1.29 is 9.13 Å². The van der Waals surface area contributed by atoms with Crippen molar-refractivity contribution in [3.05, 3.63) is 29.6 Å². The van der Waals surface area contributed by atoms with Gasteiger partial charge in [-0.15, -0.1) is 0 Å². The van der Waals surface area contributed by atoms with Crippen LogP contribution in [0.3, 0.4) is 0 Å². The minimum absolute atomic E-state index is 0.235. The summed E-state index contributed by atoms with van der Waals surface area (Å²) in [7, 11) is 0. The van der Waals surface area contributed by atoms with Crippen molar-refractivity contribution in [3.63, 3.8) is 0 Å². The molecule has 17 heavy (non-hydrogen) atoms. The van der Waals surface area contributed by atoms with E-state index in [4.69, 9.17) is 10.5 Å². The highest BCUT2D eigenvalue weighted by Gasteiger charge is 2.19. The predicted molar refractivity (Wildman–Crippen MR) is 66.3 cm³/mol. The fraction of sp³-hybridized carbons (Fsp3) is 0.571. The molecule has 0 amide bonds. The summed E-state index contributed by atoms with van der Waals surface area (Å²) in [5, 5.41) is 0. The molecule has 1 fully saturated rings. The lowest BCUT2D eigenvalue weighted by atomic mass is 9.89. The van der Waals surface area contributed by atoms with E-state index in [2.05, 4.69) is 6.92 Å². The summed E-state index contributed by atoms with van der Waals surface area (Å²) in [4.78, 5) is 0. The first-order valence-corrected chi connectivity index (χ1v) is 6.33. The lowest BCUT2D eigenvalue weighted by Gasteiger charge is -2.27. The van der Waals surface area contributed by atoms with E-state index in [9.17, 15) is 4.39 Å². The zero-order chi connectivity index (χ0) is 12.3. The van der Waals surface area contributed by atoms with Gasteiger partial charge in [-0.25, -0.2) is 4.39 Å². The van der Waals surface area contributed by atoms with Gasteiger partial charge in [0.2, 0.25) is 0 Å². The normalized spacial score (nSPS) is 24.6. The highest BCUT2D eigenvalue weighted by molar-refractivity contribution is 5.29. The summed E-state index contributed by atoms with van der Waals surface area (Å²) < 4.78 is 19.1. The maximum absolute atomic E-state index is 13.3. The Morgan fingerprint density at radius 3 is 2.59 bits per heavy atom. The second-order valence-corrected chi connectivity index (χ2v) is 5.00. The SMILES string of the molecule is CC1CCC(Oc2cc(F)cc(CN)c2)CC1. The largest absolute Gasteiger partial charge is 0.490 e. The Morgan fingerprint density at radius 2 is 1.94 bits per heavy atom. The van der Waals surface area contributed by atoms with Crippen LogP contribution in [0.2, 0.25) is 0 Å². The third kappa shape index (κ3) is 3.43. The van der Waals surface area contributed by atoms with Crippen LogP contribution in [0.4, 0.5) is 4.39 Å². The van der Waals surface area contributed by atoms with Crippen LogP contribution >= 0.6 is 0 Å². The van der Waals surface area contributed by atoms with Crippen molar-refractivity contribution in [2.75, 3.05) is 0 Å². The Labute approximate surface area is 102 Å². The Bertz CT molecular complexity index is 372. The first-order chi connectivity index (χ1) is 8.17. The van der Waals surface area contributed by atoms with Gasteiger partial charge in [0.1, 0.15) is 11.6 Å². The molecule has 1 aromatic rings. The van der Waals surface area contributed by atoms with Gasteiger partial charge in [0.25, 0.3) is 0 Å². The summed E-state index contributed by atoms with van der Waals surface area (Å²) in [5.41, 5.74) is 6.30. The molecule has 0 unspecified atom stereocenters. The number of hydrogen-bond acceptors (Lipinski definition) is 2. The maximum Gasteiger partial charge on any atom is 0.127 e. The molecule has 0 atom stereocenters. The highest BCUT2D eigenvalue weighted by Crippen LogP contribution is 2.27. The molecule has 2 N–H and O–H groups in total. The summed E-state index contributed by atoms with van der Waals surface area (Å²) in [5.74, 6) is 1.14. The minimum Gasteiger partial charge on any atom is -0.490 e. The zero-order valence-electron chi connectivity index (χ0n) is 10.3. The fourth-order valence-electron chi connectivity index (χ4n) is 2.35. The lowest BCUT2D eigenvalue weighted by Crippen LogP contribution is -2.23. The van der Waals surface area contributed by atoms with E-state index < -0.39 is 0 Å². The molecule has 0 bridgehead atoms. The number of rotatable bonds is 3. The van der Waals surface area contributed by atoms with Crippen molar-refractivity contribution in [2.45, 2.75) is 45.3 Å². The average Bonchev–Trinajstić information content (AvgIpc) is 2.31. The molecule has 2 nitrogen and oxygen atoms in total. The van der Waals surface area contributed by atoms with E-state index in [1.807, 2.05) is 6.07 Å². The van der Waals surface area contributed by atoms with Gasteiger partial charge in [-0.3, -0.25) is 0 Å². The summed E-state index contributed by atoms with van der Waals surface area (Å²) >= 11 is 0. The number of ether oxygens (including phenoxy) is 1. The van der Waals surface area contributed by atoms with E-state index in [0.717, 1.165) is 24.3 Å².